The lowest BCUT2D eigenvalue weighted by Crippen LogP contribution is -2.27. The normalized spacial score (nSPS) is 14.8. The van der Waals surface area contributed by atoms with Gasteiger partial charge < -0.3 is 10.1 Å². The standard InChI is InChI=1S/C26H19N5O3S/c1-34-22-14-8-5-9-17(22)15-21-25(33)31(26(35)29-21)27-16-23-28-20-13-7-6-12-19(20)24(32)30(23)18-10-3-2-4-11-18/h2-16H,1H3,(H,29,35)/b21-15+,27-16-. The molecule has 0 bridgehead atoms. The molecule has 0 atom stereocenters. The average Bonchev–Trinajstić information content (AvgIpc) is 3.15. The quantitative estimate of drug-likeness (QED) is 0.267. The Morgan fingerprint density at radius 1 is 0.971 bits per heavy atom. The molecule has 0 unspecified atom stereocenters. The molecule has 1 N–H and O–H groups in total. The van der Waals surface area contributed by atoms with E-state index in [2.05, 4.69) is 15.4 Å². The summed E-state index contributed by atoms with van der Waals surface area (Å²) in [5, 5.41) is 8.82. The van der Waals surface area contributed by atoms with E-state index >= 15 is 0 Å². The monoisotopic (exact) mass is 481 g/mol. The zero-order valence-electron chi connectivity index (χ0n) is 18.6. The lowest BCUT2D eigenvalue weighted by atomic mass is 10.1. The molecule has 1 amide bonds. The Kier molecular flexibility index (Phi) is 5.90. The zero-order valence-corrected chi connectivity index (χ0v) is 19.4. The number of hydrazone groups is 1. The van der Waals surface area contributed by atoms with Gasteiger partial charge in [0.1, 0.15) is 11.4 Å². The van der Waals surface area contributed by atoms with Crippen molar-refractivity contribution in [2.75, 3.05) is 7.11 Å². The van der Waals surface area contributed by atoms with Gasteiger partial charge >= 0.3 is 0 Å². The number of fused-ring (bicyclic) bond motifs is 1. The molecule has 1 aromatic heterocycles. The lowest BCUT2D eigenvalue weighted by molar-refractivity contribution is -0.122. The van der Waals surface area contributed by atoms with Gasteiger partial charge in [0.15, 0.2) is 5.82 Å². The first-order chi connectivity index (χ1) is 17.1. The molecule has 0 aliphatic carbocycles. The van der Waals surface area contributed by atoms with Gasteiger partial charge in [-0.1, -0.05) is 48.5 Å². The van der Waals surface area contributed by atoms with Gasteiger partial charge in [-0.3, -0.25) is 14.2 Å². The molecule has 1 fully saturated rings. The molecule has 0 saturated carbocycles. The van der Waals surface area contributed by atoms with Crippen molar-refractivity contribution in [1.29, 1.82) is 0 Å². The van der Waals surface area contributed by atoms with Gasteiger partial charge in [-0.2, -0.15) is 10.1 Å². The molecular formula is C26H19N5O3S. The van der Waals surface area contributed by atoms with Crippen molar-refractivity contribution in [3.8, 4) is 11.4 Å². The SMILES string of the molecule is COc1ccccc1/C=C1/NC(=S)N(/N=C\c2nc3ccccc3c(=O)n2-c2ccccc2)C1=O. The molecule has 1 saturated heterocycles. The Bertz CT molecular complexity index is 1580. The zero-order chi connectivity index (χ0) is 24.4. The van der Waals surface area contributed by atoms with Crippen LogP contribution in [-0.4, -0.2) is 38.9 Å². The van der Waals surface area contributed by atoms with Gasteiger partial charge in [-0.15, -0.1) is 0 Å². The van der Waals surface area contributed by atoms with Crippen LogP contribution >= 0.6 is 12.2 Å². The smallest absolute Gasteiger partial charge is 0.297 e. The number of methoxy groups -OCH3 is 1. The van der Waals surface area contributed by atoms with E-state index in [0.717, 1.165) is 5.01 Å². The van der Waals surface area contributed by atoms with E-state index in [-0.39, 0.29) is 22.2 Å². The average molecular weight is 482 g/mol. The molecule has 35 heavy (non-hydrogen) atoms. The van der Waals surface area contributed by atoms with E-state index in [4.69, 9.17) is 17.0 Å². The van der Waals surface area contributed by atoms with Gasteiger partial charge in [-0.25, -0.2) is 4.98 Å². The van der Waals surface area contributed by atoms with Crippen molar-refractivity contribution < 1.29 is 9.53 Å². The van der Waals surface area contributed by atoms with Crippen molar-refractivity contribution in [3.05, 3.63) is 106 Å². The number of benzene rings is 3. The van der Waals surface area contributed by atoms with Crippen LogP contribution < -0.4 is 15.6 Å². The van der Waals surface area contributed by atoms with Gasteiger partial charge in [0, 0.05) is 5.56 Å². The second-order valence-electron chi connectivity index (χ2n) is 7.55. The van der Waals surface area contributed by atoms with Gasteiger partial charge in [0.2, 0.25) is 5.11 Å². The fourth-order valence-corrected chi connectivity index (χ4v) is 3.98. The molecule has 1 aliphatic heterocycles. The van der Waals surface area contributed by atoms with Crippen LogP contribution in [0.25, 0.3) is 22.7 Å². The Balaban J connectivity index is 1.55. The summed E-state index contributed by atoms with van der Waals surface area (Å²) < 4.78 is 6.80. The molecular weight excluding hydrogens is 462 g/mol. The highest BCUT2D eigenvalue weighted by molar-refractivity contribution is 7.80. The number of amides is 1. The van der Waals surface area contributed by atoms with Gasteiger partial charge in [-0.05, 0) is 48.6 Å². The predicted molar refractivity (Wildman–Crippen MR) is 138 cm³/mol. The maximum Gasteiger partial charge on any atom is 0.297 e. The number of carbonyl (C=O) groups excluding carboxylic acids is 1. The highest BCUT2D eigenvalue weighted by Crippen LogP contribution is 2.22. The first kappa shape index (κ1) is 22.2. The van der Waals surface area contributed by atoms with Crippen LogP contribution in [0.1, 0.15) is 11.4 Å². The number of aromatic nitrogens is 2. The highest BCUT2D eigenvalue weighted by atomic mass is 32.1. The number of ether oxygens (including phenoxy) is 1. The predicted octanol–water partition coefficient (Wildman–Crippen LogP) is 3.49. The molecule has 0 spiro atoms. The van der Waals surface area contributed by atoms with Crippen molar-refractivity contribution in [2.45, 2.75) is 0 Å². The summed E-state index contributed by atoms with van der Waals surface area (Å²) in [5.41, 5.74) is 1.88. The summed E-state index contributed by atoms with van der Waals surface area (Å²) in [7, 11) is 1.56. The molecule has 8 nitrogen and oxygen atoms in total. The van der Waals surface area contributed by atoms with Crippen LogP contribution in [0, 0.1) is 0 Å². The van der Waals surface area contributed by atoms with Crippen LogP contribution in [0.3, 0.4) is 0 Å². The third-order valence-corrected chi connectivity index (χ3v) is 5.68. The number of nitrogens with one attached hydrogen (secondary N) is 1. The van der Waals surface area contributed by atoms with Crippen molar-refractivity contribution in [3.63, 3.8) is 0 Å². The van der Waals surface area contributed by atoms with E-state index in [1.165, 1.54) is 10.8 Å². The van der Waals surface area contributed by atoms with Crippen LogP contribution in [0.2, 0.25) is 0 Å². The van der Waals surface area contributed by atoms with E-state index in [0.29, 0.717) is 27.9 Å². The minimum Gasteiger partial charge on any atom is -0.496 e. The molecule has 1 aliphatic rings. The fraction of sp³-hybridized carbons (Fsp3) is 0.0385. The Labute approximate surface area is 205 Å². The third-order valence-electron chi connectivity index (χ3n) is 5.40. The minimum absolute atomic E-state index is 0.113. The molecule has 172 valence electrons. The molecule has 0 radical (unpaired) electrons. The Morgan fingerprint density at radius 3 is 2.49 bits per heavy atom. The first-order valence-corrected chi connectivity index (χ1v) is 11.1. The van der Waals surface area contributed by atoms with E-state index < -0.39 is 5.91 Å². The number of hydrogen-bond donors (Lipinski definition) is 1. The number of carbonyl (C=O) groups is 1. The van der Waals surface area contributed by atoms with Crippen molar-refractivity contribution >= 4 is 46.4 Å². The van der Waals surface area contributed by atoms with E-state index in [1.54, 1.807) is 55.7 Å². The topological polar surface area (TPSA) is 88.8 Å². The van der Waals surface area contributed by atoms with Gasteiger partial charge in [0.05, 0.1) is 29.9 Å². The van der Waals surface area contributed by atoms with E-state index in [9.17, 15) is 9.59 Å². The third kappa shape index (κ3) is 4.20. The lowest BCUT2D eigenvalue weighted by Gasteiger charge is -2.12. The molecule has 2 heterocycles. The minimum atomic E-state index is -0.438. The summed E-state index contributed by atoms with van der Waals surface area (Å²) in [6.45, 7) is 0. The molecule has 9 heteroatoms. The van der Waals surface area contributed by atoms with Crippen molar-refractivity contribution in [2.24, 2.45) is 5.10 Å². The largest absolute Gasteiger partial charge is 0.496 e. The number of para-hydroxylation sites is 3. The van der Waals surface area contributed by atoms with E-state index in [1.807, 2.05) is 36.4 Å². The first-order valence-electron chi connectivity index (χ1n) is 10.7. The Hall–Kier alpha value is -4.63. The fourth-order valence-electron chi connectivity index (χ4n) is 3.74. The second-order valence-corrected chi connectivity index (χ2v) is 7.94. The molecule has 3 aromatic carbocycles. The van der Waals surface area contributed by atoms with Crippen LogP contribution in [0.5, 0.6) is 5.75 Å². The van der Waals surface area contributed by atoms with Crippen LogP contribution in [0.4, 0.5) is 0 Å². The summed E-state index contributed by atoms with van der Waals surface area (Å²) in [4.78, 5) is 31.0. The Morgan fingerprint density at radius 2 is 1.69 bits per heavy atom. The summed E-state index contributed by atoms with van der Waals surface area (Å²) >= 11 is 5.34. The van der Waals surface area contributed by atoms with Crippen molar-refractivity contribution in [1.82, 2.24) is 19.9 Å². The van der Waals surface area contributed by atoms with Crippen LogP contribution in [0.15, 0.2) is 94.5 Å². The maximum atomic E-state index is 13.3. The number of rotatable bonds is 5. The molecule has 4 aromatic rings. The maximum absolute atomic E-state index is 13.3. The summed E-state index contributed by atoms with van der Waals surface area (Å²) in [6.07, 6.45) is 3.01. The van der Waals surface area contributed by atoms with Gasteiger partial charge in [0.25, 0.3) is 11.5 Å². The number of hydrogen-bond acceptors (Lipinski definition) is 6. The number of thiocarbonyl (C=S) groups is 1. The summed E-state index contributed by atoms with van der Waals surface area (Å²) in [5.74, 6) is 0.443. The second kappa shape index (κ2) is 9.32. The number of nitrogens with zero attached hydrogens (tertiary/aromatic N) is 4. The van der Waals surface area contributed by atoms with Crippen LogP contribution in [-0.2, 0) is 4.79 Å². The highest BCUT2D eigenvalue weighted by Gasteiger charge is 2.31. The summed E-state index contributed by atoms with van der Waals surface area (Å²) in [6, 6.07) is 23.5. The molecule has 5 rings (SSSR count).